The van der Waals surface area contributed by atoms with E-state index in [9.17, 15) is 14.0 Å². The van der Waals surface area contributed by atoms with Crippen LogP contribution in [-0.4, -0.2) is 20.5 Å². The highest BCUT2D eigenvalue weighted by molar-refractivity contribution is 6.15. The molecule has 0 saturated carbocycles. The van der Waals surface area contributed by atoms with Crippen LogP contribution >= 0.6 is 0 Å². The van der Waals surface area contributed by atoms with E-state index in [4.69, 9.17) is 0 Å². The molecule has 2 heterocycles. The molecule has 118 valence electrons. The molecule has 2 aromatic carbocycles. The number of hydrogen-bond donors (Lipinski definition) is 1. The first kappa shape index (κ1) is 14.3. The predicted molar refractivity (Wildman–Crippen MR) is 86.2 cm³/mol. The molecule has 3 aromatic rings. The van der Waals surface area contributed by atoms with E-state index in [2.05, 4.69) is 15.2 Å². The van der Waals surface area contributed by atoms with Crippen LogP contribution in [0.5, 0.6) is 0 Å². The third-order valence-electron chi connectivity index (χ3n) is 3.85. The van der Waals surface area contributed by atoms with Gasteiger partial charge in [0.2, 0.25) is 0 Å². The van der Waals surface area contributed by atoms with E-state index in [1.54, 1.807) is 42.5 Å². The van der Waals surface area contributed by atoms with Gasteiger partial charge >= 0.3 is 11.1 Å². The number of aromatic amines is 1. The second-order valence-corrected chi connectivity index (χ2v) is 5.27. The smallest absolute Gasteiger partial charge is 0.276 e. The minimum absolute atomic E-state index is 0.0460. The lowest BCUT2D eigenvalue weighted by molar-refractivity contribution is 0.625. The van der Waals surface area contributed by atoms with E-state index < -0.39 is 16.9 Å². The topological polar surface area (TPSA) is 80.1 Å². The Kier molecular flexibility index (Phi) is 3.19. The molecular formula is C17H11FN4O2. The minimum Gasteiger partial charge on any atom is -0.276 e. The molecule has 0 saturated heterocycles. The van der Waals surface area contributed by atoms with Crippen LogP contribution in [0.1, 0.15) is 17.0 Å². The average Bonchev–Trinajstić information content (AvgIpc) is 2.76. The zero-order valence-electron chi connectivity index (χ0n) is 12.4. The van der Waals surface area contributed by atoms with Crippen molar-refractivity contribution in [2.75, 3.05) is 0 Å². The molecule has 1 aliphatic heterocycles. The number of hydrogen-bond acceptors (Lipinski definition) is 4. The van der Waals surface area contributed by atoms with Crippen LogP contribution in [0.3, 0.4) is 0 Å². The van der Waals surface area contributed by atoms with Gasteiger partial charge in [-0.1, -0.05) is 30.3 Å². The largest absolute Gasteiger partial charge is 0.330 e. The highest BCUT2D eigenvalue weighted by atomic mass is 19.1. The van der Waals surface area contributed by atoms with Crippen LogP contribution in [0.25, 0.3) is 5.69 Å². The second kappa shape index (κ2) is 5.38. The maximum absolute atomic E-state index is 14.3. The van der Waals surface area contributed by atoms with Crippen LogP contribution in [0.2, 0.25) is 0 Å². The van der Waals surface area contributed by atoms with Crippen molar-refractivity contribution in [3.8, 4) is 5.69 Å². The summed E-state index contributed by atoms with van der Waals surface area (Å²) in [7, 11) is 0. The van der Waals surface area contributed by atoms with E-state index in [0.717, 1.165) is 0 Å². The normalized spacial score (nSPS) is 12.8. The SMILES string of the molecule is O=c1[nH]nc2n(c1=O)-c1ccccc1C(c1ccccc1F)=NC2. The van der Waals surface area contributed by atoms with Gasteiger partial charge in [0.1, 0.15) is 12.4 Å². The van der Waals surface area contributed by atoms with Crippen molar-refractivity contribution in [3.63, 3.8) is 0 Å². The molecular weight excluding hydrogens is 311 g/mol. The second-order valence-electron chi connectivity index (χ2n) is 5.27. The number of halogens is 1. The van der Waals surface area contributed by atoms with Gasteiger partial charge < -0.3 is 0 Å². The first-order valence-corrected chi connectivity index (χ1v) is 7.26. The third kappa shape index (κ3) is 2.10. The fraction of sp³-hybridized carbons (Fsp3) is 0.0588. The van der Waals surface area contributed by atoms with Crippen molar-refractivity contribution in [2.45, 2.75) is 6.54 Å². The molecule has 1 aliphatic rings. The molecule has 1 aromatic heterocycles. The lowest BCUT2D eigenvalue weighted by atomic mass is 10.00. The molecule has 7 heteroatoms. The van der Waals surface area contributed by atoms with Crippen LogP contribution < -0.4 is 11.1 Å². The molecule has 0 spiro atoms. The summed E-state index contributed by atoms with van der Waals surface area (Å²) in [6.45, 7) is 0.0460. The minimum atomic E-state index is -0.817. The molecule has 6 nitrogen and oxygen atoms in total. The average molecular weight is 322 g/mol. The van der Waals surface area contributed by atoms with Gasteiger partial charge in [0.15, 0.2) is 5.82 Å². The number of fused-ring (bicyclic) bond motifs is 3. The Morgan fingerprint density at radius 1 is 1.00 bits per heavy atom. The van der Waals surface area contributed by atoms with Crippen molar-refractivity contribution in [1.29, 1.82) is 0 Å². The fourth-order valence-electron chi connectivity index (χ4n) is 2.77. The summed E-state index contributed by atoms with van der Waals surface area (Å²) in [5.41, 5.74) is 0.213. The Labute approximate surface area is 134 Å². The van der Waals surface area contributed by atoms with Gasteiger partial charge in [-0.15, -0.1) is 0 Å². The number of aromatic nitrogens is 3. The first-order valence-electron chi connectivity index (χ1n) is 7.26. The molecule has 0 unspecified atom stereocenters. The number of H-pyrrole nitrogens is 1. The van der Waals surface area contributed by atoms with Gasteiger partial charge in [0.25, 0.3) is 0 Å². The summed E-state index contributed by atoms with van der Waals surface area (Å²) >= 11 is 0. The summed E-state index contributed by atoms with van der Waals surface area (Å²) in [5.74, 6) is -0.119. The van der Waals surface area contributed by atoms with Crippen molar-refractivity contribution in [2.24, 2.45) is 4.99 Å². The molecule has 24 heavy (non-hydrogen) atoms. The number of rotatable bonds is 1. The lowest BCUT2D eigenvalue weighted by Crippen LogP contribution is -2.38. The van der Waals surface area contributed by atoms with Gasteiger partial charge in [0.05, 0.1) is 11.4 Å². The molecule has 0 amide bonds. The van der Waals surface area contributed by atoms with Crippen molar-refractivity contribution < 1.29 is 4.39 Å². The summed E-state index contributed by atoms with van der Waals surface area (Å²) in [6.07, 6.45) is 0. The van der Waals surface area contributed by atoms with Crippen LogP contribution in [-0.2, 0) is 6.54 Å². The Balaban J connectivity index is 2.07. The van der Waals surface area contributed by atoms with Crippen molar-refractivity contribution in [3.05, 3.63) is 92.0 Å². The summed E-state index contributed by atoms with van der Waals surface area (Å²) in [5, 5.41) is 6.08. The zero-order valence-corrected chi connectivity index (χ0v) is 12.4. The van der Waals surface area contributed by atoms with Crippen molar-refractivity contribution in [1.82, 2.24) is 14.8 Å². The van der Waals surface area contributed by atoms with E-state index in [1.165, 1.54) is 10.6 Å². The summed E-state index contributed by atoms with van der Waals surface area (Å²) in [4.78, 5) is 28.4. The monoisotopic (exact) mass is 322 g/mol. The van der Waals surface area contributed by atoms with Crippen LogP contribution in [0.4, 0.5) is 4.39 Å². The fourth-order valence-corrected chi connectivity index (χ4v) is 2.77. The molecule has 0 fully saturated rings. The standard InChI is InChI=1S/C17H11FN4O2/c18-12-7-3-1-5-10(12)15-11-6-2-4-8-13(11)22-14(9-19-15)20-21-16(23)17(22)24/h1-8H,9H2,(H,21,23). The quantitative estimate of drug-likeness (QED) is 0.688. The van der Waals surface area contributed by atoms with Crippen LogP contribution in [0.15, 0.2) is 63.1 Å². The molecule has 0 atom stereocenters. The van der Waals surface area contributed by atoms with Gasteiger partial charge in [-0.05, 0) is 18.2 Å². The Morgan fingerprint density at radius 3 is 2.50 bits per heavy atom. The van der Waals surface area contributed by atoms with E-state index in [0.29, 0.717) is 28.4 Å². The molecule has 4 rings (SSSR count). The molecule has 1 N–H and O–H groups in total. The first-order chi connectivity index (χ1) is 11.7. The van der Waals surface area contributed by atoms with Crippen LogP contribution in [0, 0.1) is 5.82 Å². The molecule has 0 bridgehead atoms. The molecule has 0 aliphatic carbocycles. The zero-order chi connectivity index (χ0) is 16.7. The number of aliphatic imine (C=N–C) groups is 1. The van der Waals surface area contributed by atoms with E-state index in [-0.39, 0.29) is 6.54 Å². The van der Waals surface area contributed by atoms with E-state index >= 15 is 0 Å². The van der Waals surface area contributed by atoms with Gasteiger partial charge in [-0.3, -0.25) is 19.1 Å². The summed E-state index contributed by atoms with van der Waals surface area (Å²) in [6, 6.07) is 13.2. The number of nitrogens with zero attached hydrogens (tertiary/aromatic N) is 3. The summed E-state index contributed by atoms with van der Waals surface area (Å²) < 4.78 is 15.5. The number of benzene rings is 2. The van der Waals surface area contributed by atoms with E-state index in [1.807, 2.05) is 0 Å². The number of para-hydroxylation sites is 1. The number of nitrogens with one attached hydrogen (secondary N) is 1. The predicted octanol–water partition coefficient (Wildman–Crippen LogP) is 1.41. The lowest BCUT2D eigenvalue weighted by Gasteiger charge is -2.12. The highest BCUT2D eigenvalue weighted by Gasteiger charge is 2.22. The van der Waals surface area contributed by atoms with Gasteiger partial charge in [-0.25, -0.2) is 9.49 Å². The van der Waals surface area contributed by atoms with Crippen molar-refractivity contribution >= 4 is 5.71 Å². The Bertz CT molecular complexity index is 1100. The Hall–Kier alpha value is -3.35. The maximum Gasteiger partial charge on any atom is 0.330 e. The third-order valence-corrected chi connectivity index (χ3v) is 3.85. The highest BCUT2D eigenvalue weighted by Crippen LogP contribution is 2.23. The Morgan fingerprint density at radius 2 is 1.71 bits per heavy atom. The van der Waals surface area contributed by atoms with Gasteiger partial charge in [-0.2, -0.15) is 5.10 Å². The van der Waals surface area contributed by atoms with Gasteiger partial charge in [0, 0.05) is 11.1 Å². The molecule has 0 radical (unpaired) electrons. The maximum atomic E-state index is 14.3.